The molecule has 29 heavy (non-hydrogen) atoms. The van der Waals surface area contributed by atoms with Gasteiger partial charge in [0.2, 0.25) is 0 Å². The van der Waals surface area contributed by atoms with Gasteiger partial charge in [-0.1, -0.05) is 30.3 Å². The van der Waals surface area contributed by atoms with E-state index < -0.39 is 0 Å². The van der Waals surface area contributed by atoms with Crippen LogP contribution >= 0.6 is 0 Å². The lowest BCUT2D eigenvalue weighted by Crippen LogP contribution is -2.32. The number of aromatic nitrogens is 2. The molecule has 2 heterocycles. The second-order valence-corrected chi connectivity index (χ2v) is 6.67. The van der Waals surface area contributed by atoms with E-state index in [1.54, 1.807) is 0 Å². The highest BCUT2D eigenvalue weighted by atomic mass is 16.5. The number of carbonyl (C=O) groups excluding carboxylic acids is 1. The predicted molar refractivity (Wildman–Crippen MR) is 110 cm³/mol. The minimum Gasteiger partial charge on any atom is -0.455 e. The van der Waals surface area contributed by atoms with Crippen LogP contribution in [0, 0.1) is 0 Å². The van der Waals surface area contributed by atoms with Crippen LogP contribution in [0.2, 0.25) is 0 Å². The van der Waals surface area contributed by atoms with E-state index in [9.17, 15) is 4.79 Å². The molecular formula is C22H22N4O3. The average Bonchev–Trinajstić information content (AvgIpc) is 3.28. The highest BCUT2D eigenvalue weighted by Gasteiger charge is 2.17. The Morgan fingerprint density at radius 1 is 1.07 bits per heavy atom. The minimum atomic E-state index is -0.257. The monoisotopic (exact) mass is 390 g/mol. The molecule has 7 nitrogen and oxygen atoms in total. The lowest BCUT2D eigenvalue weighted by Gasteiger charge is -2.13. The number of hydrogen-bond acceptors (Lipinski definition) is 6. The maximum Gasteiger partial charge on any atom is 0.271 e. The summed E-state index contributed by atoms with van der Waals surface area (Å²) < 4.78 is 11.4. The van der Waals surface area contributed by atoms with Gasteiger partial charge in [0, 0.05) is 13.2 Å². The number of ether oxygens (including phenoxy) is 2. The summed E-state index contributed by atoms with van der Waals surface area (Å²) in [4.78, 5) is 20.7. The molecule has 2 N–H and O–H groups in total. The van der Waals surface area contributed by atoms with Crippen molar-refractivity contribution in [2.24, 2.45) is 0 Å². The third kappa shape index (κ3) is 5.08. The molecular weight excluding hydrogens is 368 g/mol. The van der Waals surface area contributed by atoms with E-state index in [-0.39, 0.29) is 17.7 Å². The molecule has 148 valence electrons. The Morgan fingerprint density at radius 2 is 1.90 bits per heavy atom. The first kappa shape index (κ1) is 18.9. The van der Waals surface area contributed by atoms with Crippen molar-refractivity contribution in [3.05, 3.63) is 72.7 Å². The summed E-state index contributed by atoms with van der Waals surface area (Å²) in [5, 5.41) is 6.02. The Kier molecular flexibility index (Phi) is 5.97. The van der Waals surface area contributed by atoms with E-state index in [1.807, 2.05) is 54.6 Å². The zero-order chi connectivity index (χ0) is 19.9. The summed E-state index contributed by atoms with van der Waals surface area (Å²) in [6.45, 7) is 1.25. The van der Waals surface area contributed by atoms with E-state index in [0.29, 0.717) is 18.1 Å². The zero-order valence-electron chi connectivity index (χ0n) is 15.9. The summed E-state index contributed by atoms with van der Waals surface area (Å²) in [7, 11) is 0. The molecule has 7 heteroatoms. The molecule has 1 aliphatic rings. The maximum absolute atomic E-state index is 12.2. The highest BCUT2D eigenvalue weighted by Crippen LogP contribution is 2.30. The van der Waals surface area contributed by atoms with Crippen molar-refractivity contribution in [3.63, 3.8) is 0 Å². The molecule has 0 radical (unpaired) electrons. The average molecular weight is 390 g/mol. The zero-order valence-corrected chi connectivity index (χ0v) is 15.9. The molecule has 1 aliphatic heterocycles. The van der Waals surface area contributed by atoms with E-state index in [0.717, 1.165) is 30.9 Å². The Hall–Kier alpha value is -3.45. The lowest BCUT2D eigenvalue weighted by atomic mass is 10.2. The second-order valence-electron chi connectivity index (χ2n) is 6.67. The third-order valence-corrected chi connectivity index (χ3v) is 4.52. The molecule has 1 unspecified atom stereocenters. The molecule has 0 bridgehead atoms. The number of nitrogens with zero attached hydrogens (tertiary/aromatic N) is 2. The van der Waals surface area contributed by atoms with Crippen LogP contribution < -0.4 is 15.4 Å². The largest absolute Gasteiger partial charge is 0.455 e. The van der Waals surface area contributed by atoms with Crippen molar-refractivity contribution in [1.29, 1.82) is 0 Å². The lowest BCUT2D eigenvalue weighted by molar-refractivity contribution is 0.0853. The fraction of sp³-hybridized carbons (Fsp3) is 0.227. The van der Waals surface area contributed by atoms with Crippen LogP contribution in [0.5, 0.6) is 11.5 Å². The Labute approximate surface area is 169 Å². The number of nitrogens with one attached hydrogen (secondary N) is 2. The van der Waals surface area contributed by atoms with Crippen LogP contribution in [-0.4, -0.2) is 35.1 Å². The van der Waals surface area contributed by atoms with Crippen molar-refractivity contribution in [2.75, 3.05) is 18.5 Å². The molecule has 2 aromatic carbocycles. The molecule has 0 aliphatic carbocycles. The molecule has 3 aromatic rings. The minimum absolute atomic E-state index is 0.0916. The molecule has 1 saturated heterocycles. The van der Waals surface area contributed by atoms with Crippen LogP contribution in [0.15, 0.2) is 67.0 Å². The SMILES string of the molecule is O=C(NCC1CCCO1)c1cnc(Nc2ccccc2Oc2ccccc2)cn1. The van der Waals surface area contributed by atoms with Crippen molar-refractivity contribution in [1.82, 2.24) is 15.3 Å². The molecule has 4 rings (SSSR count). The van der Waals surface area contributed by atoms with E-state index >= 15 is 0 Å². The Balaban J connectivity index is 1.39. The summed E-state index contributed by atoms with van der Waals surface area (Å²) >= 11 is 0. The maximum atomic E-state index is 12.2. The third-order valence-electron chi connectivity index (χ3n) is 4.52. The van der Waals surface area contributed by atoms with Crippen LogP contribution in [0.3, 0.4) is 0 Å². The van der Waals surface area contributed by atoms with Crippen LogP contribution in [-0.2, 0) is 4.74 Å². The number of amides is 1. The molecule has 0 saturated carbocycles. The quantitative estimate of drug-likeness (QED) is 0.636. The molecule has 1 amide bonds. The summed E-state index contributed by atoms with van der Waals surface area (Å²) in [6, 6.07) is 17.1. The van der Waals surface area contributed by atoms with Gasteiger partial charge in [0.05, 0.1) is 24.2 Å². The van der Waals surface area contributed by atoms with Gasteiger partial charge in [0.1, 0.15) is 17.3 Å². The van der Waals surface area contributed by atoms with Crippen LogP contribution in [0.1, 0.15) is 23.3 Å². The smallest absolute Gasteiger partial charge is 0.271 e. The summed E-state index contributed by atoms with van der Waals surface area (Å²) in [5.74, 6) is 1.67. The number of hydrogen-bond donors (Lipinski definition) is 2. The van der Waals surface area contributed by atoms with Gasteiger partial charge in [-0.15, -0.1) is 0 Å². The number of para-hydroxylation sites is 3. The number of rotatable bonds is 7. The normalized spacial score (nSPS) is 15.7. The van der Waals surface area contributed by atoms with E-state index in [1.165, 1.54) is 12.4 Å². The van der Waals surface area contributed by atoms with Gasteiger partial charge in [0.25, 0.3) is 5.91 Å². The van der Waals surface area contributed by atoms with E-state index in [4.69, 9.17) is 9.47 Å². The topological polar surface area (TPSA) is 85.4 Å². The highest BCUT2D eigenvalue weighted by molar-refractivity contribution is 5.92. The summed E-state index contributed by atoms with van der Waals surface area (Å²) in [6.07, 6.45) is 5.08. The van der Waals surface area contributed by atoms with Gasteiger partial charge < -0.3 is 20.1 Å². The van der Waals surface area contributed by atoms with E-state index in [2.05, 4.69) is 20.6 Å². The fourth-order valence-corrected chi connectivity index (χ4v) is 3.02. The first-order valence-electron chi connectivity index (χ1n) is 9.59. The number of anilines is 2. The van der Waals surface area contributed by atoms with Gasteiger partial charge in [-0.3, -0.25) is 4.79 Å². The summed E-state index contributed by atoms with van der Waals surface area (Å²) in [5.41, 5.74) is 1.02. The van der Waals surface area contributed by atoms with Crippen molar-refractivity contribution in [3.8, 4) is 11.5 Å². The van der Waals surface area contributed by atoms with Gasteiger partial charge in [-0.2, -0.15) is 0 Å². The van der Waals surface area contributed by atoms with Crippen molar-refractivity contribution < 1.29 is 14.3 Å². The van der Waals surface area contributed by atoms with Gasteiger partial charge in [-0.05, 0) is 37.1 Å². The van der Waals surface area contributed by atoms with Gasteiger partial charge in [0.15, 0.2) is 5.75 Å². The number of carbonyl (C=O) groups is 1. The van der Waals surface area contributed by atoms with Gasteiger partial charge >= 0.3 is 0 Å². The van der Waals surface area contributed by atoms with Crippen molar-refractivity contribution >= 4 is 17.4 Å². The first-order valence-corrected chi connectivity index (χ1v) is 9.59. The molecule has 1 atom stereocenters. The van der Waals surface area contributed by atoms with Crippen molar-refractivity contribution in [2.45, 2.75) is 18.9 Å². The van der Waals surface area contributed by atoms with Crippen LogP contribution in [0.25, 0.3) is 0 Å². The van der Waals surface area contributed by atoms with Gasteiger partial charge in [-0.25, -0.2) is 9.97 Å². The van der Waals surface area contributed by atoms with Crippen LogP contribution in [0.4, 0.5) is 11.5 Å². The molecule has 1 aromatic heterocycles. The standard InChI is InChI=1S/C22H22N4O3/c27-22(25-13-17-9-6-12-28-17)19-14-24-21(15-23-19)26-18-10-4-5-11-20(18)29-16-7-2-1-3-8-16/h1-5,7-8,10-11,14-15,17H,6,9,12-13H2,(H,24,26)(H,25,27). The number of benzene rings is 2. The predicted octanol–water partition coefficient (Wildman–Crippen LogP) is 3.92. The Morgan fingerprint density at radius 3 is 2.66 bits per heavy atom. The Bertz CT molecular complexity index is 942. The molecule has 0 spiro atoms. The second kappa shape index (κ2) is 9.16. The molecule has 1 fully saturated rings. The fourth-order valence-electron chi connectivity index (χ4n) is 3.02. The first-order chi connectivity index (χ1) is 14.3.